The van der Waals surface area contributed by atoms with Crippen molar-refractivity contribution in [2.45, 2.75) is 25.3 Å². The molecule has 9 heteroatoms. The lowest BCUT2D eigenvalue weighted by molar-refractivity contribution is -0.00265. The molecule has 1 aliphatic heterocycles. The standard InChI is InChI=1S/C16H19ClFN3O3S/c1-2-20-9-13(8-19-20)16-10-21(5-6-24-16)25(22,23)11-12-3-4-15(18)14(17)7-12/h3-4,7-9,16H,2,5-6,10-11H2,1H3/t16-/m1/s1. The minimum absolute atomic E-state index is 0.0838. The lowest BCUT2D eigenvalue weighted by Gasteiger charge is -2.31. The zero-order valence-corrected chi connectivity index (χ0v) is 15.3. The summed E-state index contributed by atoms with van der Waals surface area (Å²) < 4.78 is 47.5. The van der Waals surface area contributed by atoms with Gasteiger partial charge in [-0.05, 0) is 24.6 Å². The van der Waals surface area contributed by atoms with Crippen molar-refractivity contribution >= 4 is 21.6 Å². The topological polar surface area (TPSA) is 64.4 Å². The number of aryl methyl sites for hydroxylation is 1. The minimum atomic E-state index is -3.56. The number of halogens is 2. The lowest BCUT2D eigenvalue weighted by Crippen LogP contribution is -2.42. The van der Waals surface area contributed by atoms with E-state index in [1.807, 2.05) is 13.1 Å². The number of rotatable bonds is 5. The van der Waals surface area contributed by atoms with Crippen molar-refractivity contribution in [3.05, 3.63) is 52.6 Å². The fourth-order valence-corrected chi connectivity index (χ4v) is 4.43. The summed E-state index contributed by atoms with van der Waals surface area (Å²) in [5, 5.41) is 4.12. The molecule has 136 valence electrons. The molecule has 2 aromatic rings. The Morgan fingerprint density at radius 2 is 2.24 bits per heavy atom. The number of aromatic nitrogens is 2. The average molecular weight is 388 g/mol. The van der Waals surface area contributed by atoms with Gasteiger partial charge >= 0.3 is 0 Å². The van der Waals surface area contributed by atoms with Gasteiger partial charge in [0.1, 0.15) is 5.82 Å². The van der Waals surface area contributed by atoms with E-state index in [0.717, 1.165) is 12.1 Å². The molecule has 0 bridgehead atoms. The molecule has 2 heterocycles. The average Bonchev–Trinajstić information content (AvgIpc) is 3.07. The van der Waals surface area contributed by atoms with Gasteiger partial charge in [-0.3, -0.25) is 4.68 Å². The molecule has 1 saturated heterocycles. The Balaban J connectivity index is 1.73. The van der Waals surface area contributed by atoms with Gasteiger partial charge in [0.25, 0.3) is 0 Å². The Labute approximate surface area is 151 Å². The third-order valence-corrected chi connectivity index (χ3v) is 6.21. The van der Waals surface area contributed by atoms with E-state index >= 15 is 0 Å². The van der Waals surface area contributed by atoms with E-state index in [2.05, 4.69) is 5.10 Å². The molecular weight excluding hydrogens is 369 g/mol. The Hall–Kier alpha value is -1.48. The normalized spacial score (nSPS) is 19.2. The number of nitrogens with zero attached hydrogens (tertiary/aromatic N) is 3. The van der Waals surface area contributed by atoms with Gasteiger partial charge in [-0.1, -0.05) is 17.7 Å². The molecule has 0 unspecified atom stereocenters. The summed E-state index contributed by atoms with van der Waals surface area (Å²) in [4.78, 5) is 0. The van der Waals surface area contributed by atoms with Gasteiger partial charge in [0.05, 0.1) is 29.7 Å². The Morgan fingerprint density at radius 1 is 1.44 bits per heavy atom. The van der Waals surface area contributed by atoms with Gasteiger partial charge < -0.3 is 4.74 Å². The highest BCUT2D eigenvalue weighted by Crippen LogP contribution is 2.25. The first kappa shape index (κ1) is 18.3. The second-order valence-electron chi connectivity index (χ2n) is 5.85. The fourth-order valence-electron chi connectivity index (χ4n) is 2.73. The van der Waals surface area contributed by atoms with Crippen LogP contribution in [0.3, 0.4) is 0 Å². The van der Waals surface area contributed by atoms with Crippen LogP contribution in [0, 0.1) is 5.82 Å². The van der Waals surface area contributed by atoms with Crippen molar-refractivity contribution in [1.82, 2.24) is 14.1 Å². The monoisotopic (exact) mass is 387 g/mol. The maximum Gasteiger partial charge on any atom is 0.218 e. The predicted molar refractivity (Wildman–Crippen MR) is 92.2 cm³/mol. The van der Waals surface area contributed by atoms with Crippen LogP contribution in [-0.4, -0.2) is 42.2 Å². The van der Waals surface area contributed by atoms with Crippen LogP contribution in [0.15, 0.2) is 30.6 Å². The largest absolute Gasteiger partial charge is 0.371 e. The molecule has 1 atom stereocenters. The molecule has 6 nitrogen and oxygen atoms in total. The van der Waals surface area contributed by atoms with Gasteiger partial charge in [-0.2, -0.15) is 9.40 Å². The summed E-state index contributed by atoms with van der Waals surface area (Å²) in [5.74, 6) is -0.796. The number of hydrogen-bond acceptors (Lipinski definition) is 4. The van der Waals surface area contributed by atoms with Crippen LogP contribution >= 0.6 is 11.6 Å². The number of benzene rings is 1. The van der Waals surface area contributed by atoms with Crippen molar-refractivity contribution in [3.63, 3.8) is 0 Å². The summed E-state index contributed by atoms with van der Waals surface area (Å²) in [5.41, 5.74) is 1.31. The zero-order valence-electron chi connectivity index (χ0n) is 13.7. The van der Waals surface area contributed by atoms with Crippen LogP contribution in [0.5, 0.6) is 0 Å². The van der Waals surface area contributed by atoms with E-state index in [1.165, 1.54) is 22.5 Å². The van der Waals surface area contributed by atoms with Gasteiger partial charge in [0, 0.05) is 31.4 Å². The smallest absolute Gasteiger partial charge is 0.218 e. The summed E-state index contributed by atoms with van der Waals surface area (Å²) in [6.07, 6.45) is 3.21. The molecule has 0 radical (unpaired) electrons. The fraction of sp³-hybridized carbons (Fsp3) is 0.438. The van der Waals surface area contributed by atoms with Crippen LogP contribution in [0.25, 0.3) is 0 Å². The summed E-state index contributed by atoms with van der Waals surface area (Å²) in [7, 11) is -3.56. The molecule has 1 aromatic carbocycles. The number of sulfonamides is 1. The van der Waals surface area contributed by atoms with Gasteiger partial charge in [-0.25, -0.2) is 12.8 Å². The molecule has 3 rings (SSSR count). The van der Waals surface area contributed by atoms with Crippen LogP contribution in [-0.2, 0) is 27.1 Å². The van der Waals surface area contributed by atoms with Crippen molar-refractivity contribution in [3.8, 4) is 0 Å². The highest BCUT2D eigenvalue weighted by molar-refractivity contribution is 7.88. The molecule has 0 spiro atoms. The third-order valence-electron chi connectivity index (χ3n) is 4.10. The summed E-state index contributed by atoms with van der Waals surface area (Å²) in [6, 6.07) is 3.95. The first-order valence-corrected chi connectivity index (χ1v) is 9.93. The number of ether oxygens (including phenoxy) is 1. The first-order valence-electron chi connectivity index (χ1n) is 7.94. The van der Waals surface area contributed by atoms with E-state index < -0.39 is 15.8 Å². The van der Waals surface area contributed by atoms with Gasteiger partial charge in [-0.15, -0.1) is 0 Å². The Kier molecular flexibility index (Phi) is 5.43. The van der Waals surface area contributed by atoms with E-state index in [4.69, 9.17) is 16.3 Å². The number of morpholine rings is 1. The van der Waals surface area contributed by atoms with Crippen molar-refractivity contribution < 1.29 is 17.5 Å². The summed E-state index contributed by atoms with van der Waals surface area (Å²) in [6.45, 7) is 3.54. The molecule has 25 heavy (non-hydrogen) atoms. The summed E-state index contributed by atoms with van der Waals surface area (Å²) >= 11 is 5.74. The zero-order chi connectivity index (χ0) is 18.0. The van der Waals surface area contributed by atoms with Crippen molar-refractivity contribution in [1.29, 1.82) is 0 Å². The van der Waals surface area contributed by atoms with Crippen molar-refractivity contribution in [2.24, 2.45) is 0 Å². The Morgan fingerprint density at radius 3 is 2.92 bits per heavy atom. The molecule has 0 saturated carbocycles. The highest BCUT2D eigenvalue weighted by Gasteiger charge is 2.31. The predicted octanol–water partition coefficient (Wildman–Crippen LogP) is 2.60. The Bertz CT molecular complexity index is 856. The second-order valence-corrected chi connectivity index (χ2v) is 8.23. The van der Waals surface area contributed by atoms with Crippen LogP contribution in [0.1, 0.15) is 24.2 Å². The minimum Gasteiger partial charge on any atom is -0.371 e. The van der Waals surface area contributed by atoms with E-state index in [-0.39, 0.29) is 30.0 Å². The lowest BCUT2D eigenvalue weighted by atomic mass is 10.2. The molecule has 1 aliphatic rings. The van der Waals surface area contributed by atoms with E-state index in [9.17, 15) is 12.8 Å². The maximum atomic E-state index is 13.2. The molecule has 0 N–H and O–H groups in total. The molecule has 1 fully saturated rings. The van der Waals surface area contributed by atoms with Gasteiger partial charge in [0.2, 0.25) is 10.0 Å². The number of hydrogen-bond donors (Lipinski definition) is 0. The van der Waals surface area contributed by atoms with Crippen molar-refractivity contribution in [2.75, 3.05) is 19.7 Å². The molecule has 0 amide bonds. The molecule has 1 aromatic heterocycles. The first-order chi connectivity index (χ1) is 11.9. The van der Waals surface area contributed by atoms with Crippen LogP contribution in [0.4, 0.5) is 4.39 Å². The van der Waals surface area contributed by atoms with Crippen LogP contribution < -0.4 is 0 Å². The quantitative estimate of drug-likeness (QED) is 0.791. The van der Waals surface area contributed by atoms with E-state index in [1.54, 1.807) is 10.9 Å². The van der Waals surface area contributed by atoms with Gasteiger partial charge in [0.15, 0.2) is 0 Å². The highest BCUT2D eigenvalue weighted by atomic mass is 35.5. The SMILES string of the molecule is CCn1cc([C@H]2CN(S(=O)(=O)Cc3ccc(F)c(Cl)c3)CCO2)cn1. The molecular formula is C16H19ClFN3O3S. The maximum absolute atomic E-state index is 13.2. The molecule has 0 aliphatic carbocycles. The second kappa shape index (κ2) is 7.41. The van der Waals surface area contributed by atoms with Crippen LogP contribution in [0.2, 0.25) is 5.02 Å². The van der Waals surface area contributed by atoms with E-state index in [0.29, 0.717) is 12.2 Å². The third kappa shape index (κ3) is 4.20.